The minimum atomic E-state index is -0.953. The first-order valence-corrected chi connectivity index (χ1v) is 10.1. The summed E-state index contributed by atoms with van der Waals surface area (Å²) in [6.07, 6.45) is 0.225. The molecule has 1 N–H and O–H groups in total. The predicted molar refractivity (Wildman–Crippen MR) is 114 cm³/mol. The number of fused-ring (bicyclic) bond motifs is 1. The lowest BCUT2D eigenvalue weighted by Crippen LogP contribution is -2.38. The van der Waals surface area contributed by atoms with E-state index in [9.17, 15) is 9.59 Å². The zero-order valence-electron chi connectivity index (χ0n) is 18.4. The van der Waals surface area contributed by atoms with Gasteiger partial charge in [0.05, 0.1) is 6.04 Å². The number of carbonyl (C=O) groups excluding carboxylic acids is 2. The van der Waals surface area contributed by atoms with Crippen LogP contribution in [0.5, 0.6) is 5.75 Å². The van der Waals surface area contributed by atoms with Gasteiger partial charge in [-0.3, -0.25) is 0 Å². The molecule has 1 heterocycles. The van der Waals surface area contributed by atoms with E-state index in [1.807, 2.05) is 70.2 Å². The van der Waals surface area contributed by atoms with Crippen molar-refractivity contribution in [2.75, 3.05) is 0 Å². The molecule has 0 radical (unpaired) electrons. The molecule has 0 fully saturated rings. The third kappa shape index (κ3) is 5.53. The monoisotopic (exact) mass is 411 g/mol. The highest BCUT2D eigenvalue weighted by Crippen LogP contribution is 2.32. The maximum Gasteiger partial charge on any atom is 0.408 e. The van der Waals surface area contributed by atoms with Gasteiger partial charge in [0.25, 0.3) is 0 Å². The van der Waals surface area contributed by atoms with Crippen LogP contribution in [0, 0.1) is 0 Å². The Bertz CT molecular complexity index is 941. The van der Waals surface area contributed by atoms with Gasteiger partial charge in [0.1, 0.15) is 16.9 Å². The Morgan fingerprint density at radius 1 is 1.07 bits per heavy atom. The zero-order valence-corrected chi connectivity index (χ0v) is 18.4. The molecule has 0 aliphatic carbocycles. The average Bonchev–Trinajstić information content (AvgIpc) is 2.60. The van der Waals surface area contributed by atoms with E-state index in [1.165, 1.54) is 0 Å². The van der Waals surface area contributed by atoms with Crippen LogP contribution in [-0.2, 0) is 15.9 Å². The van der Waals surface area contributed by atoms with E-state index in [1.54, 1.807) is 13.8 Å². The molecule has 0 bridgehead atoms. The Morgan fingerprint density at radius 3 is 2.33 bits per heavy atom. The number of cyclic esters (lactones) is 1. The van der Waals surface area contributed by atoms with Gasteiger partial charge < -0.3 is 19.5 Å². The second kappa shape index (κ2) is 8.01. The van der Waals surface area contributed by atoms with Crippen LogP contribution in [-0.4, -0.2) is 23.5 Å². The Balaban J connectivity index is 1.66. The molecule has 0 saturated carbocycles. The molecule has 0 saturated heterocycles. The summed E-state index contributed by atoms with van der Waals surface area (Å²) in [6, 6.07) is 13.4. The van der Waals surface area contributed by atoms with Crippen LogP contribution >= 0.6 is 0 Å². The van der Waals surface area contributed by atoms with Crippen molar-refractivity contribution in [3.8, 4) is 5.75 Å². The smallest absolute Gasteiger partial charge is 0.408 e. The van der Waals surface area contributed by atoms with Crippen LogP contribution in [0.4, 0.5) is 4.79 Å². The molecule has 0 spiro atoms. The molecule has 0 aromatic heterocycles. The molecule has 1 unspecified atom stereocenters. The van der Waals surface area contributed by atoms with Gasteiger partial charge >= 0.3 is 12.1 Å². The van der Waals surface area contributed by atoms with E-state index in [0.29, 0.717) is 17.7 Å². The Hall–Kier alpha value is -3.02. The van der Waals surface area contributed by atoms with E-state index in [2.05, 4.69) is 5.32 Å². The summed E-state index contributed by atoms with van der Waals surface area (Å²) in [6.45, 7) is 10.8. The van der Waals surface area contributed by atoms with E-state index < -0.39 is 17.5 Å². The SMILES string of the molecule is CC(NC(=O)OC(C)(C)C)c1ccc(Cc2ccc3c(c2)C(=O)OC(C)(C)O3)cc1. The van der Waals surface area contributed by atoms with Gasteiger partial charge in [0.2, 0.25) is 5.79 Å². The van der Waals surface area contributed by atoms with Gasteiger partial charge in [-0.25, -0.2) is 9.59 Å². The zero-order chi connectivity index (χ0) is 22.1. The largest absolute Gasteiger partial charge is 0.452 e. The maximum atomic E-state index is 12.3. The summed E-state index contributed by atoms with van der Waals surface area (Å²) >= 11 is 0. The molecule has 2 aromatic carbocycles. The predicted octanol–water partition coefficient (Wildman–Crippen LogP) is 5.15. The number of rotatable bonds is 4. The number of carbonyl (C=O) groups is 2. The Labute approximate surface area is 177 Å². The fourth-order valence-electron chi connectivity index (χ4n) is 3.23. The fraction of sp³-hybridized carbons (Fsp3) is 0.417. The number of hydrogen-bond donors (Lipinski definition) is 1. The highest BCUT2D eigenvalue weighted by atomic mass is 16.7. The Kier molecular flexibility index (Phi) is 5.79. The highest BCUT2D eigenvalue weighted by Gasteiger charge is 2.33. The van der Waals surface area contributed by atoms with Crippen molar-refractivity contribution >= 4 is 12.1 Å². The molecular formula is C24H29NO5. The molecule has 160 valence electrons. The highest BCUT2D eigenvalue weighted by molar-refractivity contribution is 5.93. The Morgan fingerprint density at radius 2 is 1.70 bits per heavy atom. The number of alkyl carbamates (subject to hydrolysis) is 1. The van der Waals surface area contributed by atoms with E-state index in [0.717, 1.165) is 16.7 Å². The van der Waals surface area contributed by atoms with Gasteiger partial charge in [-0.2, -0.15) is 0 Å². The van der Waals surface area contributed by atoms with Crippen molar-refractivity contribution in [1.29, 1.82) is 0 Å². The number of esters is 1. The quantitative estimate of drug-likeness (QED) is 0.705. The number of nitrogens with one attached hydrogen (secondary N) is 1. The lowest BCUT2D eigenvalue weighted by atomic mass is 9.99. The topological polar surface area (TPSA) is 73.9 Å². The number of hydrogen-bond acceptors (Lipinski definition) is 5. The van der Waals surface area contributed by atoms with Crippen molar-refractivity contribution < 1.29 is 23.8 Å². The number of amides is 1. The molecule has 30 heavy (non-hydrogen) atoms. The van der Waals surface area contributed by atoms with Crippen molar-refractivity contribution in [2.24, 2.45) is 0 Å². The first kappa shape index (κ1) is 21.7. The van der Waals surface area contributed by atoms with Crippen LogP contribution in [0.1, 0.15) is 74.6 Å². The van der Waals surface area contributed by atoms with Crippen molar-refractivity contribution in [1.82, 2.24) is 5.32 Å². The van der Waals surface area contributed by atoms with Crippen molar-refractivity contribution in [3.63, 3.8) is 0 Å². The van der Waals surface area contributed by atoms with Gasteiger partial charge in [-0.1, -0.05) is 30.3 Å². The molecular weight excluding hydrogens is 382 g/mol. The van der Waals surface area contributed by atoms with Gasteiger partial charge in [0.15, 0.2) is 0 Å². The van der Waals surface area contributed by atoms with E-state index in [4.69, 9.17) is 14.2 Å². The van der Waals surface area contributed by atoms with Gasteiger partial charge in [-0.15, -0.1) is 0 Å². The standard InChI is InChI=1S/C24H29NO5/c1-15(25-22(27)30-23(2,3)4)18-10-7-16(8-11-18)13-17-9-12-20-19(14-17)21(26)29-24(5,6)28-20/h7-12,14-15H,13H2,1-6H3,(H,25,27). The third-order valence-corrected chi connectivity index (χ3v) is 4.58. The molecule has 6 heteroatoms. The molecule has 2 aromatic rings. The molecule has 6 nitrogen and oxygen atoms in total. The second-order valence-corrected chi connectivity index (χ2v) is 9.01. The van der Waals surface area contributed by atoms with E-state index in [-0.39, 0.29) is 12.0 Å². The first-order chi connectivity index (χ1) is 13.9. The van der Waals surface area contributed by atoms with Gasteiger partial charge in [0, 0.05) is 13.8 Å². The van der Waals surface area contributed by atoms with Crippen molar-refractivity contribution in [3.05, 3.63) is 64.7 Å². The summed E-state index contributed by atoms with van der Waals surface area (Å²) < 4.78 is 16.3. The minimum absolute atomic E-state index is 0.173. The molecule has 1 aliphatic rings. The lowest BCUT2D eigenvalue weighted by Gasteiger charge is -2.31. The molecule has 1 atom stereocenters. The van der Waals surface area contributed by atoms with Crippen LogP contribution in [0.15, 0.2) is 42.5 Å². The van der Waals surface area contributed by atoms with E-state index >= 15 is 0 Å². The minimum Gasteiger partial charge on any atom is -0.452 e. The fourth-order valence-corrected chi connectivity index (χ4v) is 3.23. The number of benzene rings is 2. The normalized spacial score (nSPS) is 16.0. The van der Waals surface area contributed by atoms with Crippen LogP contribution in [0.3, 0.4) is 0 Å². The summed E-state index contributed by atoms with van der Waals surface area (Å²) in [7, 11) is 0. The summed E-state index contributed by atoms with van der Waals surface area (Å²) in [5.74, 6) is -0.788. The summed E-state index contributed by atoms with van der Waals surface area (Å²) in [5, 5.41) is 2.84. The maximum absolute atomic E-state index is 12.3. The van der Waals surface area contributed by atoms with Gasteiger partial charge in [-0.05, 0) is 62.9 Å². The lowest BCUT2D eigenvalue weighted by molar-refractivity contribution is -0.127. The molecule has 3 rings (SSSR count). The average molecular weight is 411 g/mol. The molecule has 1 aliphatic heterocycles. The summed E-state index contributed by atoms with van der Waals surface area (Å²) in [4.78, 5) is 24.2. The second-order valence-electron chi connectivity index (χ2n) is 9.01. The van der Waals surface area contributed by atoms with Crippen LogP contribution in [0.2, 0.25) is 0 Å². The van der Waals surface area contributed by atoms with Crippen LogP contribution < -0.4 is 10.1 Å². The van der Waals surface area contributed by atoms with Crippen LogP contribution in [0.25, 0.3) is 0 Å². The van der Waals surface area contributed by atoms with Crippen molar-refractivity contribution in [2.45, 2.75) is 65.4 Å². The first-order valence-electron chi connectivity index (χ1n) is 10.1. The number of ether oxygens (including phenoxy) is 3. The molecule has 1 amide bonds. The third-order valence-electron chi connectivity index (χ3n) is 4.58. The summed E-state index contributed by atoms with van der Waals surface area (Å²) in [5.41, 5.74) is 2.97.